The fourth-order valence-electron chi connectivity index (χ4n) is 3.56. The van der Waals surface area contributed by atoms with Crippen molar-refractivity contribution in [1.82, 2.24) is 14.5 Å². The van der Waals surface area contributed by atoms with Crippen LogP contribution in [0.2, 0.25) is 0 Å². The van der Waals surface area contributed by atoms with Crippen LogP contribution in [0.5, 0.6) is 11.5 Å². The van der Waals surface area contributed by atoms with Gasteiger partial charge in [-0.15, -0.1) is 10.2 Å². The molecule has 0 aliphatic carbocycles. The van der Waals surface area contributed by atoms with E-state index in [4.69, 9.17) is 9.47 Å². The summed E-state index contributed by atoms with van der Waals surface area (Å²) in [5.41, 5.74) is 1.59. The van der Waals surface area contributed by atoms with E-state index in [1.54, 1.807) is 38.5 Å². The SMILES string of the molecule is COc1ccc(-c2ccc(N3CCN(S(=O)(=O)c4ccc(I)cc4)CC3)nn2)cc1OC. The number of rotatable bonds is 6. The third-order valence-corrected chi connectivity index (χ3v) is 7.98. The number of methoxy groups -OCH3 is 2. The lowest BCUT2D eigenvalue weighted by atomic mass is 10.1. The molecule has 32 heavy (non-hydrogen) atoms. The Morgan fingerprint density at radius 1 is 0.844 bits per heavy atom. The number of hydrogen-bond donors (Lipinski definition) is 0. The molecule has 10 heteroatoms. The molecule has 3 aromatic rings. The third kappa shape index (κ3) is 4.66. The van der Waals surface area contributed by atoms with Crippen molar-refractivity contribution in [2.24, 2.45) is 0 Å². The van der Waals surface area contributed by atoms with Gasteiger partial charge in [0.15, 0.2) is 17.3 Å². The number of nitrogens with zero attached hydrogens (tertiary/aromatic N) is 4. The fraction of sp³-hybridized carbons (Fsp3) is 0.273. The van der Waals surface area contributed by atoms with Crippen LogP contribution < -0.4 is 14.4 Å². The van der Waals surface area contributed by atoms with Crippen LogP contribution in [0.1, 0.15) is 0 Å². The van der Waals surface area contributed by atoms with E-state index in [0.717, 1.165) is 20.6 Å². The topological polar surface area (TPSA) is 84.9 Å². The van der Waals surface area contributed by atoms with E-state index >= 15 is 0 Å². The molecule has 0 saturated carbocycles. The minimum atomic E-state index is -3.49. The first-order chi connectivity index (χ1) is 15.4. The standard InChI is InChI=1S/C22H23IN4O4S/c1-30-20-9-3-16(15-21(20)31-2)19-8-10-22(25-24-19)26-11-13-27(14-12-26)32(28,29)18-6-4-17(23)5-7-18/h3-10,15H,11-14H2,1-2H3. The van der Waals surface area contributed by atoms with Crippen LogP contribution in [0.4, 0.5) is 5.82 Å². The molecule has 0 bridgehead atoms. The lowest BCUT2D eigenvalue weighted by molar-refractivity contribution is 0.355. The van der Waals surface area contributed by atoms with Crippen LogP contribution in [0.3, 0.4) is 0 Å². The quantitative estimate of drug-likeness (QED) is 0.424. The van der Waals surface area contributed by atoms with E-state index < -0.39 is 10.0 Å². The molecule has 0 spiro atoms. The molecule has 1 aliphatic rings. The second-order valence-electron chi connectivity index (χ2n) is 7.19. The van der Waals surface area contributed by atoms with Crippen LogP contribution in [0.15, 0.2) is 59.5 Å². The largest absolute Gasteiger partial charge is 0.493 e. The summed E-state index contributed by atoms with van der Waals surface area (Å²) < 4.78 is 39.0. The minimum Gasteiger partial charge on any atom is -0.493 e. The summed E-state index contributed by atoms with van der Waals surface area (Å²) in [5, 5.41) is 8.73. The van der Waals surface area contributed by atoms with Crippen molar-refractivity contribution in [3.63, 3.8) is 0 Å². The van der Waals surface area contributed by atoms with Gasteiger partial charge in [0.05, 0.1) is 24.8 Å². The fourth-order valence-corrected chi connectivity index (χ4v) is 5.34. The van der Waals surface area contributed by atoms with Crippen LogP contribution >= 0.6 is 22.6 Å². The Hall–Kier alpha value is -2.44. The van der Waals surface area contributed by atoms with Crippen molar-refractivity contribution < 1.29 is 17.9 Å². The molecule has 0 amide bonds. The summed E-state index contributed by atoms with van der Waals surface area (Å²) in [6.07, 6.45) is 0. The van der Waals surface area contributed by atoms with Crippen LogP contribution in [0.25, 0.3) is 11.3 Å². The predicted octanol–water partition coefficient (Wildman–Crippen LogP) is 3.28. The Morgan fingerprint density at radius 2 is 1.53 bits per heavy atom. The van der Waals surface area contributed by atoms with Gasteiger partial charge in [0, 0.05) is 35.3 Å². The Bertz CT molecular complexity index is 1180. The molecule has 0 unspecified atom stereocenters. The van der Waals surface area contributed by atoms with Gasteiger partial charge in [0.25, 0.3) is 0 Å². The molecule has 8 nitrogen and oxygen atoms in total. The molecule has 0 radical (unpaired) electrons. The van der Waals surface area contributed by atoms with E-state index in [2.05, 4.69) is 32.8 Å². The summed E-state index contributed by atoms with van der Waals surface area (Å²) in [5.74, 6) is 2.00. The minimum absolute atomic E-state index is 0.324. The maximum absolute atomic E-state index is 12.9. The third-order valence-electron chi connectivity index (χ3n) is 5.34. The zero-order valence-corrected chi connectivity index (χ0v) is 20.7. The van der Waals surface area contributed by atoms with E-state index in [1.807, 2.05) is 35.2 Å². The van der Waals surface area contributed by atoms with Gasteiger partial charge in [-0.1, -0.05) is 0 Å². The maximum Gasteiger partial charge on any atom is 0.243 e. The number of halogens is 1. The molecule has 1 saturated heterocycles. The summed E-state index contributed by atoms with van der Waals surface area (Å²) in [4.78, 5) is 2.37. The Labute approximate surface area is 201 Å². The highest BCUT2D eigenvalue weighted by Gasteiger charge is 2.29. The number of aromatic nitrogens is 2. The monoisotopic (exact) mass is 566 g/mol. The Morgan fingerprint density at radius 3 is 2.12 bits per heavy atom. The molecule has 2 heterocycles. The average Bonchev–Trinajstić information content (AvgIpc) is 2.84. The zero-order chi connectivity index (χ0) is 22.7. The second-order valence-corrected chi connectivity index (χ2v) is 10.4. The van der Waals surface area contributed by atoms with E-state index in [1.165, 1.54) is 4.31 Å². The molecule has 0 atom stereocenters. The van der Waals surface area contributed by atoms with Gasteiger partial charge in [-0.25, -0.2) is 8.42 Å². The highest BCUT2D eigenvalue weighted by Crippen LogP contribution is 2.31. The second kappa shape index (κ2) is 9.59. The molecule has 4 rings (SSSR count). The molecular formula is C22H23IN4O4S. The highest BCUT2D eigenvalue weighted by atomic mass is 127. The van der Waals surface area contributed by atoms with Gasteiger partial charge in [-0.2, -0.15) is 4.31 Å². The van der Waals surface area contributed by atoms with E-state index in [0.29, 0.717) is 42.6 Å². The van der Waals surface area contributed by atoms with E-state index in [-0.39, 0.29) is 0 Å². The Kier molecular flexibility index (Phi) is 6.82. The lowest BCUT2D eigenvalue weighted by Gasteiger charge is -2.34. The smallest absolute Gasteiger partial charge is 0.243 e. The predicted molar refractivity (Wildman–Crippen MR) is 131 cm³/mol. The molecule has 2 aromatic carbocycles. The zero-order valence-electron chi connectivity index (χ0n) is 17.7. The number of anilines is 1. The van der Waals surface area contributed by atoms with Crippen molar-refractivity contribution in [2.75, 3.05) is 45.3 Å². The highest BCUT2D eigenvalue weighted by molar-refractivity contribution is 14.1. The van der Waals surface area contributed by atoms with Gasteiger partial charge in [0.2, 0.25) is 10.0 Å². The molecule has 1 aliphatic heterocycles. The van der Waals surface area contributed by atoms with Gasteiger partial charge >= 0.3 is 0 Å². The van der Waals surface area contributed by atoms with Crippen molar-refractivity contribution in [3.05, 3.63) is 58.2 Å². The van der Waals surface area contributed by atoms with Crippen LogP contribution in [-0.4, -0.2) is 63.3 Å². The summed E-state index contributed by atoms with van der Waals surface area (Å²) in [7, 11) is -0.308. The van der Waals surface area contributed by atoms with Crippen LogP contribution in [0, 0.1) is 3.57 Å². The van der Waals surface area contributed by atoms with E-state index in [9.17, 15) is 8.42 Å². The van der Waals surface area contributed by atoms with Gasteiger partial charge in [-0.05, 0) is 77.2 Å². The molecule has 1 aromatic heterocycles. The summed E-state index contributed by atoms with van der Waals surface area (Å²) >= 11 is 2.16. The molecule has 168 valence electrons. The average molecular weight is 566 g/mol. The first-order valence-electron chi connectivity index (χ1n) is 9.99. The molecular weight excluding hydrogens is 543 g/mol. The summed E-state index contributed by atoms with van der Waals surface area (Å²) in [6.45, 7) is 1.89. The van der Waals surface area contributed by atoms with Crippen molar-refractivity contribution in [1.29, 1.82) is 0 Å². The summed E-state index contributed by atoms with van der Waals surface area (Å²) in [6, 6.07) is 16.3. The van der Waals surface area contributed by atoms with Gasteiger partial charge in [0.1, 0.15) is 0 Å². The van der Waals surface area contributed by atoms with Crippen molar-refractivity contribution >= 4 is 38.4 Å². The number of hydrogen-bond acceptors (Lipinski definition) is 7. The molecule has 0 N–H and O–H groups in total. The normalized spacial score (nSPS) is 14.9. The van der Waals surface area contributed by atoms with Crippen molar-refractivity contribution in [3.8, 4) is 22.8 Å². The number of sulfonamides is 1. The maximum atomic E-state index is 12.9. The number of ether oxygens (including phenoxy) is 2. The van der Waals surface area contributed by atoms with Gasteiger partial charge in [-0.3, -0.25) is 0 Å². The first-order valence-corrected chi connectivity index (χ1v) is 12.5. The van der Waals surface area contributed by atoms with Gasteiger partial charge < -0.3 is 14.4 Å². The first kappa shape index (κ1) is 22.7. The molecule has 1 fully saturated rings. The van der Waals surface area contributed by atoms with Crippen LogP contribution in [-0.2, 0) is 10.0 Å². The lowest BCUT2D eigenvalue weighted by Crippen LogP contribution is -2.49. The number of piperazine rings is 1. The van der Waals surface area contributed by atoms with Crippen molar-refractivity contribution in [2.45, 2.75) is 4.90 Å². The number of benzene rings is 2. The Balaban J connectivity index is 1.44.